The van der Waals surface area contributed by atoms with Crippen LogP contribution in [0.5, 0.6) is 0 Å². The van der Waals surface area contributed by atoms with Crippen LogP contribution in [-0.2, 0) is 4.74 Å². The minimum absolute atomic E-state index is 0.0988. The Morgan fingerprint density at radius 2 is 2.41 bits per heavy atom. The van der Waals surface area contributed by atoms with Gasteiger partial charge in [0.1, 0.15) is 11.4 Å². The van der Waals surface area contributed by atoms with E-state index in [1.54, 1.807) is 13.3 Å². The fourth-order valence-electron chi connectivity index (χ4n) is 1.32. The van der Waals surface area contributed by atoms with Crippen molar-refractivity contribution in [1.82, 2.24) is 4.98 Å². The Labute approximate surface area is 108 Å². The van der Waals surface area contributed by atoms with Gasteiger partial charge in [-0.1, -0.05) is 0 Å². The molecule has 1 aromatic heterocycles. The number of nitrogens with one attached hydrogen (secondary N) is 1. The number of rotatable bonds is 6. The van der Waals surface area contributed by atoms with Crippen molar-refractivity contribution in [2.75, 3.05) is 19.0 Å². The lowest BCUT2D eigenvalue weighted by Crippen LogP contribution is -2.20. The van der Waals surface area contributed by atoms with Crippen LogP contribution in [0.3, 0.4) is 0 Å². The third-order valence-corrected chi connectivity index (χ3v) is 2.66. The van der Waals surface area contributed by atoms with Gasteiger partial charge in [-0.05, 0) is 35.3 Å². The number of carboxylic acid groups (broad SMARTS) is 1. The molecule has 5 nitrogen and oxygen atoms in total. The largest absolute Gasteiger partial charge is 0.478 e. The van der Waals surface area contributed by atoms with Crippen molar-refractivity contribution >= 4 is 27.7 Å². The zero-order chi connectivity index (χ0) is 12.8. The number of aromatic nitrogens is 1. The number of carbonyl (C=O) groups is 1. The molecule has 6 heteroatoms. The molecule has 0 fully saturated rings. The Kier molecular flexibility index (Phi) is 5.37. The number of nitrogens with zero attached hydrogens (tertiary/aromatic N) is 1. The van der Waals surface area contributed by atoms with Gasteiger partial charge in [0, 0.05) is 30.4 Å². The summed E-state index contributed by atoms with van der Waals surface area (Å²) in [5.41, 5.74) is 0.156. The van der Waals surface area contributed by atoms with E-state index in [4.69, 9.17) is 9.84 Å². The van der Waals surface area contributed by atoms with Gasteiger partial charge in [-0.15, -0.1) is 0 Å². The molecule has 17 heavy (non-hydrogen) atoms. The van der Waals surface area contributed by atoms with Gasteiger partial charge >= 0.3 is 5.97 Å². The number of methoxy groups -OCH3 is 1. The number of hydrogen-bond donors (Lipinski definition) is 2. The zero-order valence-corrected chi connectivity index (χ0v) is 11.3. The molecule has 0 aliphatic heterocycles. The second-order valence-corrected chi connectivity index (χ2v) is 4.60. The predicted octanol–water partition coefficient (Wildman–Crippen LogP) is 2.38. The summed E-state index contributed by atoms with van der Waals surface area (Å²) in [4.78, 5) is 15.1. The molecule has 0 saturated carbocycles. The van der Waals surface area contributed by atoms with Crippen LogP contribution in [-0.4, -0.2) is 35.8 Å². The lowest BCUT2D eigenvalue weighted by atomic mass is 10.2. The molecule has 1 unspecified atom stereocenters. The van der Waals surface area contributed by atoms with Gasteiger partial charge in [0.05, 0.1) is 0 Å². The SMILES string of the molecule is COCCC(C)Nc1ncc(Br)cc1C(=O)O. The van der Waals surface area contributed by atoms with Crippen molar-refractivity contribution in [3.8, 4) is 0 Å². The van der Waals surface area contributed by atoms with E-state index in [9.17, 15) is 4.79 Å². The van der Waals surface area contributed by atoms with E-state index in [0.717, 1.165) is 6.42 Å². The number of halogens is 1. The number of hydrogen-bond acceptors (Lipinski definition) is 4. The molecule has 1 atom stereocenters. The Bertz CT molecular complexity index is 398. The lowest BCUT2D eigenvalue weighted by Gasteiger charge is -2.15. The molecule has 1 heterocycles. The molecular formula is C11H15BrN2O3. The van der Waals surface area contributed by atoms with Crippen LogP contribution in [0.25, 0.3) is 0 Å². The molecule has 1 aromatic rings. The van der Waals surface area contributed by atoms with Crippen molar-refractivity contribution < 1.29 is 14.6 Å². The molecule has 0 spiro atoms. The minimum atomic E-state index is -1.000. The molecule has 2 N–H and O–H groups in total. The first-order chi connectivity index (χ1) is 8.04. The van der Waals surface area contributed by atoms with Crippen molar-refractivity contribution in [3.63, 3.8) is 0 Å². The summed E-state index contributed by atoms with van der Waals surface area (Å²) in [5.74, 6) is -0.621. The average Bonchev–Trinajstić information content (AvgIpc) is 2.28. The molecule has 1 rings (SSSR count). The second kappa shape index (κ2) is 6.56. The molecule has 0 radical (unpaired) electrons. The number of aromatic carboxylic acids is 1. The molecule has 0 aromatic carbocycles. The summed E-state index contributed by atoms with van der Waals surface area (Å²) in [6, 6.07) is 1.63. The monoisotopic (exact) mass is 302 g/mol. The molecule has 0 aliphatic rings. The highest BCUT2D eigenvalue weighted by molar-refractivity contribution is 9.10. The van der Waals surface area contributed by atoms with Crippen LogP contribution >= 0.6 is 15.9 Å². The standard InChI is InChI=1S/C11H15BrN2O3/c1-7(3-4-17-2)14-10-9(11(15)16)5-8(12)6-13-10/h5-7H,3-4H2,1-2H3,(H,13,14)(H,15,16). The predicted molar refractivity (Wildman–Crippen MR) is 68.5 cm³/mol. The Morgan fingerprint density at radius 3 is 3.00 bits per heavy atom. The molecule has 94 valence electrons. The first kappa shape index (κ1) is 13.9. The third kappa shape index (κ3) is 4.32. The summed E-state index contributed by atoms with van der Waals surface area (Å²) < 4.78 is 5.61. The minimum Gasteiger partial charge on any atom is -0.478 e. The van der Waals surface area contributed by atoms with Crippen molar-refractivity contribution in [2.45, 2.75) is 19.4 Å². The van der Waals surface area contributed by atoms with Gasteiger partial charge in [0.25, 0.3) is 0 Å². The van der Waals surface area contributed by atoms with Crippen LogP contribution in [0.4, 0.5) is 5.82 Å². The van der Waals surface area contributed by atoms with E-state index in [1.165, 1.54) is 6.07 Å². The van der Waals surface area contributed by atoms with Crippen LogP contribution in [0.2, 0.25) is 0 Å². The zero-order valence-electron chi connectivity index (χ0n) is 9.74. The van der Waals surface area contributed by atoms with Gasteiger partial charge in [0.15, 0.2) is 0 Å². The van der Waals surface area contributed by atoms with E-state index in [0.29, 0.717) is 16.9 Å². The molecule has 0 aliphatic carbocycles. The van der Waals surface area contributed by atoms with E-state index in [1.807, 2.05) is 6.92 Å². The highest BCUT2D eigenvalue weighted by Gasteiger charge is 2.13. The summed E-state index contributed by atoms with van der Waals surface area (Å²) in [5, 5.41) is 12.1. The number of carboxylic acids is 1. The maximum Gasteiger partial charge on any atom is 0.339 e. The maximum absolute atomic E-state index is 11.0. The fraction of sp³-hybridized carbons (Fsp3) is 0.455. The highest BCUT2D eigenvalue weighted by atomic mass is 79.9. The van der Waals surface area contributed by atoms with Crippen LogP contribution in [0, 0.1) is 0 Å². The number of ether oxygens (including phenoxy) is 1. The Morgan fingerprint density at radius 1 is 1.71 bits per heavy atom. The van der Waals surface area contributed by atoms with E-state index in [2.05, 4.69) is 26.2 Å². The van der Waals surface area contributed by atoms with Gasteiger partial charge in [0.2, 0.25) is 0 Å². The smallest absolute Gasteiger partial charge is 0.339 e. The van der Waals surface area contributed by atoms with Crippen molar-refractivity contribution in [1.29, 1.82) is 0 Å². The molecule has 0 amide bonds. The average molecular weight is 303 g/mol. The first-order valence-electron chi connectivity index (χ1n) is 5.19. The van der Waals surface area contributed by atoms with E-state index < -0.39 is 5.97 Å². The summed E-state index contributed by atoms with van der Waals surface area (Å²) in [6.45, 7) is 2.57. The van der Waals surface area contributed by atoms with Crippen molar-refractivity contribution in [3.05, 3.63) is 22.3 Å². The Balaban J connectivity index is 2.79. The summed E-state index contributed by atoms with van der Waals surface area (Å²) in [7, 11) is 1.63. The normalized spacial score (nSPS) is 12.2. The Hall–Kier alpha value is -1.14. The van der Waals surface area contributed by atoms with Crippen LogP contribution < -0.4 is 5.32 Å². The molecule has 0 saturated heterocycles. The van der Waals surface area contributed by atoms with Gasteiger partial charge in [-0.2, -0.15) is 0 Å². The van der Waals surface area contributed by atoms with Gasteiger partial charge in [-0.3, -0.25) is 0 Å². The fourth-order valence-corrected chi connectivity index (χ4v) is 1.65. The topological polar surface area (TPSA) is 71.5 Å². The van der Waals surface area contributed by atoms with Crippen LogP contribution in [0.15, 0.2) is 16.7 Å². The summed E-state index contributed by atoms with van der Waals surface area (Å²) in [6.07, 6.45) is 2.35. The van der Waals surface area contributed by atoms with E-state index in [-0.39, 0.29) is 11.6 Å². The quantitative estimate of drug-likeness (QED) is 0.844. The number of pyridine rings is 1. The van der Waals surface area contributed by atoms with Gasteiger partial charge < -0.3 is 15.2 Å². The molecule has 0 bridgehead atoms. The lowest BCUT2D eigenvalue weighted by molar-refractivity contribution is 0.0697. The maximum atomic E-state index is 11.0. The van der Waals surface area contributed by atoms with Crippen molar-refractivity contribution in [2.24, 2.45) is 0 Å². The second-order valence-electron chi connectivity index (χ2n) is 3.68. The third-order valence-electron chi connectivity index (χ3n) is 2.22. The highest BCUT2D eigenvalue weighted by Crippen LogP contribution is 2.19. The van der Waals surface area contributed by atoms with Crippen LogP contribution in [0.1, 0.15) is 23.7 Å². The van der Waals surface area contributed by atoms with E-state index >= 15 is 0 Å². The summed E-state index contributed by atoms with van der Waals surface area (Å²) >= 11 is 3.20. The van der Waals surface area contributed by atoms with Gasteiger partial charge in [-0.25, -0.2) is 9.78 Å². The first-order valence-corrected chi connectivity index (χ1v) is 5.98. The number of anilines is 1. The molecular weight excluding hydrogens is 288 g/mol.